The number of hydrogen-bond donors (Lipinski definition) is 2. The highest BCUT2D eigenvalue weighted by molar-refractivity contribution is 7.80. The van der Waals surface area contributed by atoms with E-state index in [0.29, 0.717) is 5.56 Å². The van der Waals surface area contributed by atoms with Gasteiger partial charge in [0.1, 0.15) is 16.6 Å². The van der Waals surface area contributed by atoms with E-state index in [1.54, 1.807) is 6.92 Å². The molecule has 0 aliphatic carbocycles. The standard InChI is InChI=1S/C15H12F2N2OS/c1-8-2-3-9(16)6-11(8)15(20)19-13-5-4-10(17)7-12(13)14(18)21/h2-7H,1H3,(H2,18,21)(H,19,20). The summed E-state index contributed by atoms with van der Waals surface area (Å²) in [7, 11) is 0. The molecule has 0 heterocycles. The highest BCUT2D eigenvalue weighted by atomic mass is 32.1. The van der Waals surface area contributed by atoms with Gasteiger partial charge >= 0.3 is 0 Å². The molecule has 0 saturated carbocycles. The van der Waals surface area contributed by atoms with E-state index in [-0.39, 0.29) is 21.8 Å². The van der Waals surface area contributed by atoms with Crippen LogP contribution in [0, 0.1) is 18.6 Å². The van der Waals surface area contributed by atoms with Crippen LogP contribution in [0.2, 0.25) is 0 Å². The van der Waals surface area contributed by atoms with Crippen LogP contribution in [0.3, 0.4) is 0 Å². The fourth-order valence-corrected chi connectivity index (χ4v) is 2.03. The number of hydrogen-bond acceptors (Lipinski definition) is 2. The maximum Gasteiger partial charge on any atom is 0.256 e. The van der Waals surface area contributed by atoms with E-state index in [4.69, 9.17) is 18.0 Å². The van der Waals surface area contributed by atoms with Crippen molar-refractivity contribution in [1.29, 1.82) is 0 Å². The van der Waals surface area contributed by atoms with Gasteiger partial charge in [-0.05, 0) is 42.8 Å². The van der Waals surface area contributed by atoms with Crippen molar-refractivity contribution in [2.24, 2.45) is 5.73 Å². The van der Waals surface area contributed by atoms with Crippen molar-refractivity contribution in [3.63, 3.8) is 0 Å². The van der Waals surface area contributed by atoms with Crippen molar-refractivity contribution >= 4 is 28.8 Å². The molecular weight excluding hydrogens is 294 g/mol. The zero-order chi connectivity index (χ0) is 15.6. The molecule has 0 unspecified atom stereocenters. The summed E-state index contributed by atoms with van der Waals surface area (Å²) in [6.07, 6.45) is 0. The fourth-order valence-electron chi connectivity index (χ4n) is 1.86. The van der Waals surface area contributed by atoms with Gasteiger partial charge in [-0.1, -0.05) is 18.3 Å². The Balaban J connectivity index is 2.36. The molecule has 0 spiro atoms. The number of carbonyl (C=O) groups is 1. The van der Waals surface area contributed by atoms with Crippen LogP contribution in [0.25, 0.3) is 0 Å². The van der Waals surface area contributed by atoms with Crippen LogP contribution in [-0.4, -0.2) is 10.9 Å². The molecule has 0 saturated heterocycles. The Morgan fingerprint density at radius 2 is 1.67 bits per heavy atom. The number of thiocarbonyl (C=S) groups is 1. The van der Waals surface area contributed by atoms with Crippen LogP contribution in [0.15, 0.2) is 36.4 Å². The summed E-state index contributed by atoms with van der Waals surface area (Å²) in [6, 6.07) is 7.57. The zero-order valence-electron chi connectivity index (χ0n) is 11.1. The second kappa shape index (κ2) is 5.97. The Morgan fingerprint density at radius 3 is 2.29 bits per heavy atom. The van der Waals surface area contributed by atoms with E-state index in [1.165, 1.54) is 24.3 Å². The van der Waals surface area contributed by atoms with Gasteiger partial charge < -0.3 is 11.1 Å². The van der Waals surface area contributed by atoms with E-state index in [1.807, 2.05) is 0 Å². The predicted octanol–water partition coefficient (Wildman–Crippen LogP) is 3.16. The molecule has 0 aliphatic rings. The van der Waals surface area contributed by atoms with Crippen molar-refractivity contribution in [3.05, 3.63) is 64.7 Å². The Hall–Kier alpha value is -2.34. The van der Waals surface area contributed by atoms with Gasteiger partial charge in [0.05, 0.1) is 5.69 Å². The number of benzene rings is 2. The first-order chi connectivity index (χ1) is 9.88. The molecule has 0 bridgehead atoms. The number of carbonyl (C=O) groups excluding carboxylic acids is 1. The van der Waals surface area contributed by atoms with Crippen LogP contribution in [-0.2, 0) is 0 Å². The lowest BCUT2D eigenvalue weighted by Crippen LogP contribution is -2.18. The van der Waals surface area contributed by atoms with Crippen LogP contribution < -0.4 is 11.1 Å². The molecule has 21 heavy (non-hydrogen) atoms. The molecule has 2 aromatic rings. The smallest absolute Gasteiger partial charge is 0.256 e. The second-order valence-corrected chi connectivity index (χ2v) is 4.91. The van der Waals surface area contributed by atoms with Gasteiger partial charge in [0, 0.05) is 11.1 Å². The Kier molecular flexibility index (Phi) is 4.28. The van der Waals surface area contributed by atoms with Crippen LogP contribution in [0.4, 0.5) is 14.5 Å². The van der Waals surface area contributed by atoms with Gasteiger partial charge in [-0.3, -0.25) is 4.79 Å². The quantitative estimate of drug-likeness (QED) is 0.857. The molecule has 3 nitrogen and oxygen atoms in total. The minimum absolute atomic E-state index is 0.0410. The zero-order valence-corrected chi connectivity index (χ0v) is 11.9. The Bertz CT molecular complexity index is 732. The summed E-state index contributed by atoms with van der Waals surface area (Å²) in [4.78, 5) is 12.2. The number of nitrogens with one attached hydrogen (secondary N) is 1. The summed E-state index contributed by atoms with van der Waals surface area (Å²) in [5.74, 6) is -1.55. The van der Waals surface area contributed by atoms with Crippen molar-refractivity contribution in [1.82, 2.24) is 0 Å². The molecule has 6 heteroatoms. The van der Waals surface area contributed by atoms with E-state index in [9.17, 15) is 13.6 Å². The maximum atomic E-state index is 13.2. The van der Waals surface area contributed by atoms with Crippen LogP contribution in [0.1, 0.15) is 21.5 Å². The van der Waals surface area contributed by atoms with Gasteiger partial charge in [-0.2, -0.15) is 0 Å². The second-order valence-electron chi connectivity index (χ2n) is 4.47. The molecule has 0 aliphatic heterocycles. The minimum Gasteiger partial charge on any atom is -0.389 e. The molecule has 2 aromatic carbocycles. The molecule has 108 valence electrons. The third-order valence-corrected chi connectivity index (χ3v) is 3.16. The first-order valence-electron chi connectivity index (χ1n) is 6.05. The maximum absolute atomic E-state index is 13.2. The van der Waals surface area contributed by atoms with Crippen molar-refractivity contribution in [2.45, 2.75) is 6.92 Å². The predicted molar refractivity (Wildman–Crippen MR) is 81.4 cm³/mol. The normalized spacial score (nSPS) is 10.2. The van der Waals surface area contributed by atoms with Crippen LogP contribution >= 0.6 is 12.2 Å². The molecule has 1 amide bonds. The largest absolute Gasteiger partial charge is 0.389 e. The first-order valence-corrected chi connectivity index (χ1v) is 6.46. The highest BCUT2D eigenvalue weighted by Gasteiger charge is 2.14. The molecular formula is C15H12F2N2OS. The average molecular weight is 306 g/mol. The number of anilines is 1. The number of aryl methyl sites for hydroxylation is 1. The average Bonchev–Trinajstić information content (AvgIpc) is 2.43. The van der Waals surface area contributed by atoms with Gasteiger partial charge in [0.2, 0.25) is 0 Å². The third-order valence-electron chi connectivity index (χ3n) is 2.94. The van der Waals surface area contributed by atoms with Crippen LogP contribution in [0.5, 0.6) is 0 Å². The van der Waals surface area contributed by atoms with Gasteiger partial charge in [0.25, 0.3) is 5.91 Å². The van der Waals surface area contributed by atoms with Gasteiger partial charge in [-0.15, -0.1) is 0 Å². The Labute approximate surface area is 125 Å². The SMILES string of the molecule is Cc1ccc(F)cc1C(=O)Nc1ccc(F)cc1C(N)=S. The molecule has 0 atom stereocenters. The number of amides is 1. The van der Waals surface area contributed by atoms with Gasteiger partial charge in [0.15, 0.2) is 0 Å². The molecule has 2 rings (SSSR count). The molecule has 0 radical (unpaired) electrons. The van der Waals surface area contributed by atoms with Crippen molar-refractivity contribution in [3.8, 4) is 0 Å². The molecule has 3 N–H and O–H groups in total. The Morgan fingerprint density at radius 1 is 1.10 bits per heavy atom. The summed E-state index contributed by atoms with van der Waals surface area (Å²) >= 11 is 4.83. The summed E-state index contributed by atoms with van der Waals surface area (Å²) in [6.45, 7) is 1.69. The lowest BCUT2D eigenvalue weighted by Gasteiger charge is -2.11. The number of halogens is 2. The summed E-state index contributed by atoms with van der Waals surface area (Å²) < 4.78 is 26.4. The third kappa shape index (κ3) is 3.41. The lowest BCUT2D eigenvalue weighted by molar-refractivity contribution is 0.102. The van der Waals surface area contributed by atoms with E-state index >= 15 is 0 Å². The molecule has 0 aromatic heterocycles. The highest BCUT2D eigenvalue weighted by Crippen LogP contribution is 2.19. The van der Waals surface area contributed by atoms with Crippen molar-refractivity contribution in [2.75, 3.05) is 5.32 Å². The first kappa shape index (κ1) is 15.1. The van der Waals surface area contributed by atoms with E-state index < -0.39 is 17.5 Å². The van der Waals surface area contributed by atoms with E-state index in [2.05, 4.69) is 5.32 Å². The summed E-state index contributed by atoms with van der Waals surface area (Å²) in [5, 5.41) is 2.56. The molecule has 0 fully saturated rings. The fraction of sp³-hybridized carbons (Fsp3) is 0.0667. The number of nitrogens with two attached hydrogens (primary N) is 1. The van der Waals surface area contributed by atoms with Gasteiger partial charge in [-0.25, -0.2) is 8.78 Å². The summed E-state index contributed by atoms with van der Waals surface area (Å²) in [5.41, 5.74) is 6.80. The lowest BCUT2D eigenvalue weighted by atomic mass is 10.1. The van der Waals surface area contributed by atoms with Crippen molar-refractivity contribution < 1.29 is 13.6 Å². The number of rotatable bonds is 3. The topological polar surface area (TPSA) is 55.1 Å². The minimum atomic E-state index is -0.517. The van der Waals surface area contributed by atoms with E-state index in [0.717, 1.165) is 12.1 Å². The monoisotopic (exact) mass is 306 g/mol.